The number of nitrogen functional groups attached to an aromatic ring is 1. The monoisotopic (exact) mass is 545 g/mol. The number of halogens is 2. The number of H-pyrrole nitrogens is 1. The van der Waals surface area contributed by atoms with Crippen LogP contribution in [-0.2, 0) is 23.0 Å². The molecule has 10 nitrogen and oxygen atoms in total. The summed E-state index contributed by atoms with van der Waals surface area (Å²) >= 11 is 0. The van der Waals surface area contributed by atoms with E-state index >= 15 is 0 Å². The normalized spacial score (nSPS) is 16.9. The van der Waals surface area contributed by atoms with Crippen molar-refractivity contribution in [3.05, 3.63) is 64.9 Å². The minimum Gasteiger partial charge on any atom is -0.398 e. The zero-order valence-corrected chi connectivity index (χ0v) is 21.7. The predicted octanol–water partition coefficient (Wildman–Crippen LogP) is 2.41. The number of fused-ring (bicyclic) bond motifs is 1. The Morgan fingerprint density at radius 2 is 1.79 bits per heavy atom. The van der Waals surface area contributed by atoms with E-state index < -0.39 is 32.5 Å². The number of piperazine rings is 1. The van der Waals surface area contributed by atoms with Crippen molar-refractivity contribution in [3.8, 4) is 0 Å². The molecule has 2 aliphatic heterocycles. The van der Waals surface area contributed by atoms with Gasteiger partial charge in [-0.2, -0.15) is 9.40 Å². The molecule has 1 saturated heterocycles. The number of carbonyl (C=O) groups is 1. The first kappa shape index (κ1) is 26.1. The zero-order chi connectivity index (χ0) is 27.0. The predicted molar refractivity (Wildman–Crippen MR) is 139 cm³/mol. The summed E-state index contributed by atoms with van der Waals surface area (Å²) in [7, 11) is -4.18. The van der Waals surface area contributed by atoms with Gasteiger partial charge in [0.15, 0.2) is 5.82 Å². The Morgan fingerprint density at radius 1 is 1.08 bits per heavy atom. The number of nitrogens with two attached hydrogens (primary N) is 1. The van der Waals surface area contributed by atoms with Crippen LogP contribution in [0.2, 0.25) is 0 Å². The topological polar surface area (TPSA) is 128 Å². The number of nitrogens with one attached hydrogen (secondary N) is 2. The second-order valence-electron chi connectivity index (χ2n) is 9.37. The van der Waals surface area contributed by atoms with E-state index in [1.165, 1.54) is 0 Å². The first-order valence-corrected chi connectivity index (χ1v) is 13.8. The molecule has 3 aromatic rings. The van der Waals surface area contributed by atoms with Crippen molar-refractivity contribution in [2.75, 3.05) is 55.2 Å². The van der Waals surface area contributed by atoms with Crippen molar-refractivity contribution in [3.63, 3.8) is 0 Å². The molecule has 0 radical (unpaired) electrons. The lowest BCUT2D eigenvalue weighted by Crippen LogP contribution is -2.46. The molecule has 2 aromatic carbocycles. The first-order chi connectivity index (χ1) is 18.2. The van der Waals surface area contributed by atoms with Crippen LogP contribution in [0.25, 0.3) is 0 Å². The maximum Gasteiger partial charge on any atom is 0.258 e. The third-order valence-corrected chi connectivity index (χ3v) is 8.89. The maximum absolute atomic E-state index is 13.7. The molecule has 2 aliphatic rings. The molecular weight excluding hydrogens is 516 g/mol. The Hall–Kier alpha value is -3.55. The number of aromatic nitrogens is 2. The molecule has 1 aromatic heterocycles. The number of amides is 1. The molecule has 13 heteroatoms. The van der Waals surface area contributed by atoms with Crippen LogP contribution in [0.3, 0.4) is 0 Å². The Morgan fingerprint density at radius 3 is 2.45 bits per heavy atom. The molecule has 0 saturated carbocycles. The van der Waals surface area contributed by atoms with Gasteiger partial charge in [0.25, 0.3) is 5.91 Å². The molecule has 202 valence electrons. The molecule has 0 unspecified atom stereocenters. The summed E-state index contributed by atoms with van der Waals surface area (Å²) in [5.41, 5.74) is 8.93. The summed E-state index contributed by atoms with van der Waals surface area (Å²) in [6.07, 6.45) is 0.289. The number of likely N-dealkylation sites (N-methyl/N-ethyl adjacent to an activating group) is 1. The van der Waals surface area contributed by atoms with Gasteiger partial charge in [0, 0.05) is 74.4 Å². The Kier molecular flexibility index (Phi) is 7.07. The van der Waals surface area contributed by atoms with Crippen LogP contribution < -0.4 is 16.0 Å². The van der Waals surface area contributed by atoms with Crippen LogP contribution in [0.5, 0.6) is 0 Å². The third kappa shape index (κ3) is 5.08. The quantitative estimate of drug-likeness (QED) is 0.406. The van der Waals surface area contributed by atoms with Crippen molar-refractivity contribution in [1.29, 1.82) is 0 Å². The van der Waals surface area contributed by atoms with Gasteiger partial charge in [-0.3, -0.25) is 9.89 Å². The molecule has 1 fully saturated rings. The summed E-state index contributed by atoms with van der Waals surface area (Å²) < 4.78 is 54.6. The van der Waals surface area contributed by atoms with Gasteiger partial charge in [0.1, 0.15) is 11.6 Å². The molecule has 0 spiro atoms. The van der Waals surface area contributed by atoms with Gasteiger partial charge in [0.05, 0.1) is 10.5 Å². The van der Waals surface area contributed by atoms with Crippen LogP contribution in [0.15, 0.2) is 41.3 Å². The van der Waals surface area contributed by atoms with E-state index in [0.717, 1.165) is 54.8 Å². The van der Waals surface area contributed by atoms with Gasteiger partial charge < -0.3 is 20.9 Å². The molecule has 5 rings (SSSR count). The summed E-state index contributed by atoms with van der Waals surface area (Å²) in [5.74, 6) is -2.27. The molecule has 0 atom stereocenters. The minimum absolute atomic E-state index is 0.0873. The molecule has 0 bridgehead atoms. The van der Waals surface area contributed by atoms with Crippen molar-refractivity contribution < 1.29 is 22.0 Å². The number of hydrogen-bond acceptors (Lipinski definition) is 7. The van der Waals surface area contributed by atoms with Gasteiger partial charge in [0.2, 0.25) is 10.0 Å². The van der Waals surface area contributed by atoms with E-state index in [9.17, 15) is 22.0 Å². The number of nitrogens with zero attached hydrogens (tertiary/aromatic N) is 4. The summed E-state index contributed by atoms with van der Waals surface area (Å²) in [6.45, 7) is 6.79. The van der Waals surface area contributed by atoms with Gasteiger partial charge >= 0.3 is 0 Å². The molecule has 4 N–H and O–H groups in total. The molecule has 38 heavy (non-hydrogen) atoms. The fourth-order valence-electron chi connectivity index (χ4n) is 4.86. The lowest BCUT2D eigenvalue weighted by molar-refractivity contribution is 0.102. The lowest BCUT2D eigenvalue weighted by Gasteiger charge is -2.35. The maximum atomic E-state index is 13.7. The summed E-state index contributed by atoms with van der Waals surface area (Å²) in [4.78, 5) is 17.2. The number of carbonyl (C=O) groups excluding carboxylic acids is 1. The highest BCUT2D eigenvalue weighted by atomic mass is 32.2. The Labute approximate surface area is 219 Å². The van der Waals surface area contributed by atoms with E-state index in [-0.39, 0.29) is 30.9 Å². The van der Waals surface area contributed by atoms with Crippen LogP contribution in [0.1, 0.15) is 28.5 Å². The fraction of sp³-hybridized carbons (Fsp3) is 0.360. The molecule has 3 heterocycles. The second-order valence-corrected chi connectivity index (χ2v) is 11.3. The van der Waals surface area contributed by atoms with E-state index in [2.05, 4.69) is 32.2 Å². The van der Waals surface area contributed by atoms with Gasteiger partial charge in [-0.15, -0.1) is 0 Å². The summed E-state index contributed by atoms with van der Waals surface area (Å²) in [5, 5.41) is 9.73. The molecule has 0 aliphatic carbocycles. The Balaban J connectivity index is 1.31. The Bertz CT molecular complexity index is 1450. The average molecular weight is 546 g/mol. The standard InChI is InChI=1S/C25H29F2N7O3S/c1-2-32-7-9-33(10-8-32)18-3-4-20(22(28)14-18)25(35)29-24-21-15-34(6-5-23(21)30-31-24)38(36,37)19-12-16(26)11-17(27)13-19/h3-4,11-14H,2,5-10,15,28H2,1H3,(H2,29,30,31,35). The van der Waals surface area contributed by atoms with Gasteiger partial charge in [-0.25, -0.2) is 17.2 Å². The fourth-order valence-corrected chi connectivity index (χ4v) is 6.31. The largest absolute Gasteiger partial charge is 0.398 e. The van der Waals surface area contributed by atoms with Crippen LogP contribution in [-0.4, -0.2) is 73.0 Å². The van der Waals surface area contributed by atoms with E-state index in [1.807, 2.05) is 6.07 Å². The SMILES string of the molecule is CCN1CCN(c2ccc(C(=O)Nc3n[nH]c4c3CN(S(=O)(=O)c3cc(F)cc(F)c3)CC4)c(N)c2)CC1. The number of aromatic amines is 1. The lowest BCUT2D eigenvalue weighted by atomic mass is 10.1. The smallest absolute Gasteiger partial charge is 0.258 e. The second kappa shape index (κ2) is 10.3. The van der Waals surface area contributed by atoms with E-state index in [0.29, 0.717) is 23.0 Å². The van der Waals surface area contributed by atoms with Crippen molar-refractivity contribution in [2.24, 2.45) is 0 Å². The van der Waals surface area contributed by atoms with E-state index in [4.69, 9.17) is 5.73 Å². The van der Waals surface area contributed by atoms with E-state index in [1.54, 1.807) is 12.1 Å². The number of anilines is 3. The number of sulfonamides is 1. The zero-order valence-electron chi connectivity index (χ0n) is 20.9. The van der Waals surface area contributed by atoms with Crippen LogP contribution >= 0.6 is 0 Å². The van der Waals surface area contributed by atoms with Gasteiger partial charge in [-0.05, 0) is 36.9 Å². The van der Waals surface area contributed by atoms with Crippen LogP contribution in [0, 0.1) is 11.6 Å². The highest BCUT2D eigenvalue weighted by Gasteiger charge is 2.32. The highest BCUT2D eigenvalue weighted by Crippen LogP contribution is 2.30. The van der Waals surface area contributed by atoms with Gasteiger partial charge in [-0.1, -0.05) is 6.92 Å². The number of rotatable bonds is 6. The minimum atomic E-state index is -4.18. The van der Waals surface area contributed by atoms with Crippen molar-refractivity contribution in [2.45, 2.75) is 24.8 Å². The molecule has 1 amide bonds. The summed E-state index contributed by atoms with van der Waals surface area (Å²) in [6, 6.07) is 7.48. The van der Waals surface area contributed by atoms with Crippen molar-refractivity contribution in [1.82, 2.24) is 19.4 Å². The third-order valence-electron chi connectivity index (χ3n) is 7.07. The first-order valence-electron chi connectivity index (χ1n) is 12.4. The number of benzene rings is 2. The average Bonchev–Trinajstić information content (AvgIpc) is 3.30. The van der Waals surface area contributed by atoms with Crippen LogP contribution in [0.4, 0.5) is 26.0 Å². The highest BCUT2D eigenvalue weighted by molar-refractivity contribution is 7.89. The number of hydrogen-bond donors (Lipinski definition) is 3. The van der Waals surface area contributed by atoms with Crippen molar-refractivity contribution >= 4 is 33.1 Å². The molecular formula is C25H29F2N7O3S.